The number of nitriles is 1. The van der Waals surface area contributed by atoms with Crippen molar-refractivity contribution >= 4 is 17.4 Å². The molecule has 0 bridgehead atoms. The molecule has 0 saturated heterocycles. The molecule has 0 amide bonds. The van der Waals surface area contributed by atoms with E-state index in [2.05, 4.69) is 0 Å². The Balaban J connectivity index is 2.25. The van der Waals surface area contributed by atoms with Gasteiger partial charge in [0.15, 0.2) is 5.78 Å². The van der Waals surface area contributed by atoms with Crippen LogP contribution in [0.15, 0.2) is 53.5 Å². The summed E-state index contributed by atoms with van der Waals surface area (Å²) in [6, 6.07) is 8.82. The highest BCUT2D eigenvalue weighted by Crippen LogP contribution is 2.33. The SMILES string of the molecule is COc1ccc(O)c(C(=O)c2cc(C#N)c(=O)n(-c3cc(C(F)(F)F)ccc3Cl)c2)c1. The first-order valence-electron chi connectivity index (χ1n) is 8.52. The maximum atomic E-state index is 13.1. The van der Waals surface area contributed by atoms with E-state index in [1.165, 1.54) is 25.3 Å². The number of aromatic hydroxyl groups is 1. The standard InChI is InChI=1S/C21H12ClF3N2O4/c1-31-14-3-5-18(28)15(8-14)19(29)12-6-11(9-26)20(30)27(10-12)17-7-13(21(23,24)25)2-4-16(17)22/h2-8,10,28H,1H3. The van der Waals surface area contributed by atoms with E-state index in [1.807, 2.05) is 0 Å². The molecular weight excluding hydrogens is 437 g/mol. The topological polar surface area (TPSA) is 92.3 Å². The van der Waals surface area contributed by atoms with Gasteiger partial charge in [-0.15, -0.1) is 0 Å². The second kappa shape index (κ2) is 8.16. The summed E-state index contributed by atoms with van der Waals surface area (Å²) in [5, 5.41) is 19.1. The summed E-state index contributed by atoms with van der Waals surface area (Å²) in [5.74, 6) is -0.917. The number of ether oxygens (including phenoxy) is 1. The minimum atomic E-state index is -4.71. The van der Waals surface area contributed by atoms with Crippen LogP contribution in [0.1, 0.15) is 27.0 Å². The number of alkyl halides is 3. The van der Waals surface area contributed by atoms with Crippen LogP contribution in [0.3, 0.4) is 0 Å². The zero-order chi connectivity index (χ0) is 22.9. The van der Waals surface area contributed by atoms with Crippen LogP contribution >= 0.6 is 11.6 Å². The van der Waals surface area contributed by atoms with Gasteiger partial charge in [0.2, 0.25) is 0 Å². The average Bonchev–Trinajstić information content (AvgIpc) is 2.73. The van der Waals surface area contributed by atoms with Crippen LogP contribution in [0.2, 0.25) is 5.02 Å². The number of nitrogens with zero attached hydrogens (tertiary/aromatic N) is 2. The minimum absolute atomic E-state index is 0.191. The molecule has 0 spiro atoms. The molecule has 3 rings (SSSR count). The summed E-state index contributed by atoms with van der Waals surface area (Å²) < 4.78 is 45.1. The number of halogens is 4. The predicted octanol–water partition coefficient (Wildman–Crippen LogP) is 4.33. The van der Waals surface area contributed by atoms with Gasteiger partial charge < -0.3 is 9.84 Å². The van der Waals surface area contributed by atoms with Gasteiger partial charge in [0.25, 0.3) is 5.56 Å². The number of benzene rings is 2. The summed E-state index contributed by atoms with van der Waals surface area (Å²) in [5.41, 5.74) is -3.31. The molecule has 158 valence electrons. The van der Waals surface area contributed by atoms with Crippen LogP contribution in [0.4, 0.5) is 13.2 Å². The molecule has 0 radical (unpaired) electrons. The van der Waals surface area contributed by atoms with Crippen molar-refractivity contribution in [3.05, 3.63) is 86.3 Å². The number of phenolic OH excluding ortho intramolecular Hbond substituents is 1. The normalized spacial score (nSPS) is 11.1. The summed E-state index contributed by atoms with van der Waals surface area (Å²) in [7, 11) is 1.35. The van der Waals surface area contributed by atoms with Crippen LogP contribution in [0, 0.1) is 11.3 Å². The Morgan fingerprint density at radius 1 is 1.19 bits per heavy atom. The Labute approximate surface area is 178 Å². The Morgan fingerprint density at radius 3 is 2.52 bits per heavy atom. The number of hydrogen-bond donors (Lipinski definition) is 1. The van der Waals surface area contributed by atoms with E-state index in [-0.39, 0.29) is 33.3 Å². The van der Waals surface area contributed by atoms with E-state index in [4.69, 9.17) is 16.3 Å². The van der Waals surface area contributed by atoms with Crippen molar-refractivity contribution in [2.45, 2.75) is 6.18 Å². The van der Waals surface area contributed by atoms with E-state index >= 15 is 0 Å². The lowest BCUT2D eigenvalue weighted by atomic mass is 10.0. The van der Waals surface area contributed by atoms with E-state index < -0.39 is 28.6 Å². The van der Waals surface area contributed by atoms with Crippen molar-refractivity contribution in [2.24, 2.45) is 0 Å². The number of methoxy groups -OCH3 is 1. The lowest BCUT2D eigenvalue weighted by Gasteiger charge is -2.14. The van der Waals surface area contributed by atoms with Crippen molar-refractivity contribution < 1.29 is 27.8 Å². The van der Waals surface area contributed by atoms with Crippen LogP contribution in [-0.4, -0.2) is 22.6 Å². The number of rotatable bonds is 4. The number of carbonyl (C=O) groups is 1. The molecule has 0 unspecified atom stereocenters. The first-order chi connectivity index (χ1) is 14.6. The third-order valence-electron chi connectivity index (χ3n) is 4.38. The Kier molecular flexibility index (Phi) is 5.77. The molecule has 10 heteroatoms. The first-order valence-corrected chi connectivity index (χ1v) is 8.90. The second-order valence-corrected chi connectivity index (χ2v) is 6.71. The van der Waals surface area contributed by atoms with Gasteiger partial charge in [0, 0.05) is 11.8 Å². The van der Waals surface area contributed by atoms with E-state index in [9.17, 15) is 33.1 Å². The molecule has 1 aromatic heterocycles. The zero-order valence-corrected chi connectivity index (χ0v) is 16.5. The van der Waals surface area contributed by atoms with E-state index in [0.717, 1.165) is 24.4 Å². The Bertz CT molecular complexity index is 1290. The fourth-order valence-corrected chi connectivity index (χ4v) is 3.03. The van der Waals surface area contributed by atoms with Gasteiger partial charge in [-0.3, -0.25) is 14.2 Å². The summed E-state index contributed by atoms with van der Waals surface area (Å²) >= 11 is 6.01. The number of aromatic nitrogens is 1. The molecule has 0 fully saturated rings. The maximum Gasteiger partial charge on any atom is 0.416 e. The minimum Gasteiger partial charge on any atom is -0.507 e. The molecule has 2 aromatic carbocycles. The molecule has 0 aliphatic rings. The number of pyridine rings is 1. The highest BCUT2D eigenvalue weighted by molar-refractivity contribution is 6.32. The van der Waals surface area contributed by atoms with Crippen LogP contribution < -0.4 is 10.3 Å². The molecule has 1 N–H and O–H groups in total. The molecular formula is C21H12ClF3N2O4. The lowest BCUT2D eigenvalue weighted by Crippen LogP contribution is -2.23. The van der Waals surface area contributed by atoms with Gasteiger partial charge in [0.1, 0.15) is 23.1 Å². The molecule has 1 heterocycles. The summed E-state index contributed by atoms with van der Waals surface area (Å²) in [4.78, 5) is 25.6. The molecule has 6 nitrogen and oxygen atoms in total. The maximum absolute atomic E-state index is 13.1. The van der Waals surface area contributed by atoms with Crippen molar-refractivity contribution in [1.29, 1.82) is 5.26 Å². The third-order valence-corrected chi connectivity index (χ3v) is 4.70. The van der Waals surface area contributed by atoms with Gasteiger partial charge in [-0.25, -0.2) is 0 Å². The fraction of sp³-hybridized carbons (Fsp3) is 0.0952. The van der Waals surface area contributed by atoms with Crippen LogP contribution in [-0.2, 0) is 6.18 Å². The molecule has 0 saturated carbocycles. The average molecular weight is 449 g/mol. The Hall–Kier alpha value is -3.77. The van der Waals surface area contributed by atoms with Gasteiger partial charge in [-0.05, 0) is 42.5 Å². The second-order valence-electron chi connectivity index (χ2n) is 6.31. The number of ketones is 1. The molecule has 3 aromatic rings. The first kappa shape index (κ1) is 21.9. The van der Waals surface area contributed by atoms with Gasteiger partial charge in [0.05, 0.1) is 28.9 Å². The van der Waals surface area contributed by atoms with Crippen molar-refractivity contribution in [3.63, 3.8) is 0 Å². The third kappa shape index (κ3) is 4.25. The number of phenols is 1. The largest absolute Gasteiger partial charge is 0.507 e. The smallest absolute Gasteiger partial charge is 0.416 e. The number of hydrogen-bond acceptors (Lipinski definition) is 5. The van der Waals surface area contributed by atoms with Crippen molar-refractivity contribution in [1.82, 2.24) is 4.57 Å². The summed E-state index contributed by atoms with van der Waals surface area (Å²) in [6.45, 7) is 0. The zero-order valence-electron chi connectivity index (χ0n) is 15.7. The quantitative estimate of drug-likeness (QED) is 0.600. The fourth-order valence-electron chi connectivity index (χ4n) is 2.82. The van der Waals surface area contributed by atoms with Crippen molar-refractivity contribution in [2.75, 3.05) is 7.11 Å². The highest BCUT2D eigenvalue weighted by Gasteiger charge is 2.31. The monoisotopic (exact) mass is 448 g/mol. The molecule has 0 atom stereocenters. The van der Waals surface area contributed by atoms with Gasteiger partial charge in [-0.1, -0.05) is 11.6 Å². The van der Waals surface area contributed by atoms with Crippen LogP contribution in [0.5, 0.6) is 11.5 Å². The van der Waals surface area contributed by atoms with Crippen molar-refractivity contribution in [3.8, 4) is 23.3 Å². The van der Waals surface area contributed by atoms with E-state index in [0.29, 0.717) is 10.6 Å². The highest BCUT2D eigenvalue weighted by atomic mass is 35.5. The molecule has 0 aliphatic heterocycles. The van der Waals surface area contributed by atoms with Crippen LogP contribution in [0.25, 0.3) is 5.69 Å². The predicted molar refractivity (Wildman–Crippen MR) is 105 cm³/mol. The molecule has 31 heavy (non-hydrogen) atoms. The molecule has 0 aliphatic carbocycles. The summed E-state index contributed by atoms with van der Waals surface area (Å²) in [6.07, 6.45) is -3.74. The van der Waals surface area contributed by atoms with Gasteiger partial charge >= 0.3 is 6.18 Å². The van der Waals surface area contributed by atoms with Gasteiger partial charge in [-0.2, -0.15) is 18.4 Å². The lowest BCUT2D eigenvalue weighted by molar-refractivity contribution is -0.137. The van der Waals surface area contributed by atoms with E-state index in [1.54, 1.807) is 6.07 Å². The number of carbonyl (C=O) groups excluding carboxylic acids is 1. The Morgan fingerprint density at radius 2 is 1.90 bits per heavy atom.